The molecule has 3 aromatic heterocycles. The largest absolute Gasteiger partial charge is 0.332 e. The molecular weight excluding hydrogens is 324 g/mol. The number of carbonyl (C=O) groups excluding carboxylic acids is 1. The predicted octanol–water partition coefficient (Wildman–Crippen LogP) is 3.35. The molecule has 1 aliphatic heterocycles. The molecule has 0 saturated heterocycles. The van der Waals surface area contributed by atoms with Crippen molar-refractivity contribution in [1.29, 1.82) is 0 Å². The molecular formula is C21H20N4O. The third-order valence-corrected chi connectivity index (χ3v) is 4.80. The summed E-state index contributed by atoms with van der Waals surface area (Å²) in [4.78, 5) is 27.9. The highest BCUT2D eigenvalue weighted by atomic mass is 16.2. The number of amides is 1. The van der Waals surface area contributed by atoms with Gasteiger partial charge in [-0.15, -0.1) is 0 Å². The minimum absolute atomic E-state index is 0.0460. The van der Waals surface area contributed by atoms with Crippen LogP contribution in [0.4, 0.5) is 0 Å². The molecule has 130 valence electrons. The van der Waals surface area contributed by atoms with E-state index in [9.17, 15) is 4.79 Å². The predicted molar refractivity (Wildman–Crippen MR) is 99.6 cm³/mol. The summed E-state index contributed by atoms with van der Waals surface area (Å²) in [6, 6.07) is 7.88. The number of hydrogen-bond acceptors (Lipinski definition) is 4. The number of carbonyl (C=O) groups is 1. The summed E-state index contributed by atoms with van der Waals surface area (Å²) in [6.07, 6.45) is 7.88. The van der Waals surface area contributed by atoms with Crippen molar-refractivity contribution in [1.82, 2.24) is 19.9 Å². The van der Waals surface area contributed by atoms with Gasteiger partial charge < -0.3 is 4.90 Å². The molecule has 26 heavy (non-hydrogen) atoms. The molecule has 5 nitrogen and oxygen atoms in total. The lowest BCUT2D eigenvalue weighted by Crippen LogP contribution is -2.27. The molecule has 0 radical (unpaired) electrons. The standard InChI is InChI=1S/C21H20N4O/c1-14-11-15(2)18(24-12-14)6-10-25-13-19-20(21(25)26)17(5-9-23-19)16-3-7-22-8-4-16/h3-5,7-9,11-12H,6,10,13H2,1-2H3. The summed E-state index contributed by atoms with van der Waals surface area (Å²) >= 11 is 0. The van der Waals surface area contributed by atoms with Crippen LogP contribution in [-0.4, -0.2) is 32.3 Å². The third kappa shape index (κ3) is 2.96. The van der Waals surface area contributed by atoms with Crippen molar-refractivity contribution in [2.45, 2.75) is 26.8 Å². The van der Waals surface area contributed by atoms with Gasteiger partial charge in [-0.25, -0.2) is 0 Å². The minimum Gasteiger partial charge on any atom is -0.332 e. The van der Waals surface area contributed by atoms with Crippen LogP contribution in [0.1, 0.15) is 32.9 Å². The first kappa shape index (κ1) is 16.4. The Morgan fingerprint density at radius 1 is 1.08 bits per heavy atom. The van der Waals surface area contributed by atoms with Gasteiger partial charge in [0.05, 0.1) is 17.8 Å². The summed E-state index contributed by atoms with van der Waals surface area (Å²) in [5, 5.41) is 0. The molecule has 0 fully saturated rings. The SMILES string of the molecule is Cc1cnc(CCN2Cc3nccc(-c4ccncc4)c3C2=O)c(C)c1. The van der Waals surface area contributed by atoms with Crippen LogP contribution in [0.5, 0.6) is 0 Å². The van der Waals surface area contributed by atoms with E-state index in [1.54, 1.807) is 18.6 Å². The lowest BCUT2D eigenvalue weighted by Gasteiger charge is -2.16. The number of rotatable bonds is 4. The van der Waals surface area contributed by atoms with Gasteiger partial charge in [-0.05, 0) is 54.3 Å². The molecule has 0 spiro atoms. The Morgan fingerprint density at radius 3 is 2.65 bits per heavy atom. The van der Waals surface area contributed by atoms with E-state index < -0.39 is 0 Å². The summed E-state index contributed by atoms with van der Waals surface area (Å²) in [5.41, 5.74) is 6.85. The van der Waals surface area contributed by atoms with Gasteiger partial charge in [0, 0.05) is 43.4 Å². The fourth-order valence-electron chi connectivity index (χ4n) is 3.47. The third-order valence-electron chi connectivity index (χ3n) is 4.80. The van der Waals surface area contributed by atoms with E-state index in [0.717, 1.165) is 34.5 Å². The Balaban J connectivity index is 1.57. The summed E-state index contributed by atoms with van der Waals surface area (Å²) < 4.78 is 0. The Hall–Kier alpha value is -3.08. The second-order valence-corrected chi connectivity index (χ2v) is 6.67. The average Bonchev–Trinajstić information content (AvgIpc) is 2.98. The number of fused-ring (bicyclic) bond motifs is 1. The highest BCUT2D eigenvalue weighted by Crippen LogP contribution is 2.31. The molecule has 4 rings (SSSR count). The van der Waals surface area contributed by atoms with E-state index in [2.05, 4.69) is 27.9 Å². The number of aryl methyl sites for hydroxylation is 2. The van der Waals surface area contributed by atoms with E-state index >= 15 is 0 Å². The first-order valence-corrected chi connectivity index (χ1v) is 8.73. The zero-order valence-electron chi connectivity index (χ0n) is 14.9. The summed E-state index contributed by atoms with van der Waals surface area (Å²) in [6.45, 7) is 5.30. The Labute approximate surface area is 152 Å². The number of nitrogens with zero attached hydrogens (tertiary/aromatic N) is 4. The molecule has 0 saturated carbocycles. The van der Waals surface area contributed by atoms with Crippen LogP contribution >= 0.6 is 0 Å². The molecule has 0 atom stereocenters. The molecule has 3 aromatic rings. The van der Waals surface area contributed by atoms with E-state index in [-0.39, 0.29) is 5.91 Å². The lowest BCUT2D eigenvalue weighted by atomic mass is 10.0. The van der Waals surface area contributed by atoms with Gasteiger partial charge >= 0.3 is 0 Å². The lowest BCUT2D eigenvalue weighted by molar-refractivity contribution is 0.0780. The molecule has 0 aliphatic carbocycles. The van der Waals surface area contributed by atoms with Gasteiger partial charge in [0.2, 0.25) is 0 Å². The smallest absolute Gasteiger partial charge is 0.256 e. The van der Waals surface area contributed by atoms with Crippen LogP contribution in [0, 0.1) is 13.8 Å². The number of hydrogen-bond donors (Lipinski definition) is 0. The van der Waals surface area contributed by atoms with Crippen molar-refractivity contribution >= 4 is 5.91 Å². The summed E-state index contributed by atoms with van der Waals surface area (Å²) in [7, 11) is 0. The first-order valence-electron chi connectivity index (χ1n) is 8.73. The highest BCUT2D eigenvalue weighted by Gasteiger charge is 2.31. The Bertz CT molecular complexity index is 969. The van der Waals surface area contributed by atoms with Crippen LogP contribution in [0.3, 0.4) is 0 Å². The highest BCUT2D eigenvalue weighted by molar-refractivity contribution is 6.03. The number of aromatic nitrogens is 3. The van der Waals surface area contributed by atoms with E-state index in [1.807, 2.05) is 36.2 Å². The van der Waals surface area contributed by atoms with Gasteiger partial charge in [0.25, 0.3) is 5.91 Å². The van der Waals surface area contributed by atoms with Gasteiger partial charge in [-0.3, -0.25) is 19.7 Å². The Kier molecular flexibility index (Phi) is 4.21. The topological polar surface area (TPSA) is 59.0 Å². The second kappa shape index (κ2) is 6.67. The van der Waals surface area contributed by atoms with Gasteiger partial charge in [-0.2, -0.15) is 0 Å². The molecule has 5 heteroatoms. The second-order valence-electron chi connectivity index (χ2n) is 6.67. The van der Waals surface area contributed by atoms with Crippen LogP contribution in [-0.2, 0) is 13.0 Å². The van der Waals surface area contributed by atoms with Crippen molar-refractivity contribution in [3.63, 3.8) is 0 Å². The van der Waals surface area contributed by atoms with Crippen LogP contribution in [0.2, 0.25) is 0 Å². The Morgan fingerprint density at radius 2 is 1.88 bits per heavy atom. The van der Waals surface area contributed by atoms with Crippen LogP contribution < -0.4 is 0 Å². The average molecular weight is 344 g/mol. The van der Waals surface area contributed by atoms with E-state index in [4.69, 9.17) is 0 Å². The fraction of sp³-hybridized carbons (Fsp3) is 0.238. The molecule has 4 heterocycles. The van der Waals surface area contributed by atoms with Crippen molar-refractivity contribution in [2.75, 3.05) is 6.54 Å². The fourth-order valence-corrected chi connectivity index (χ4v) is 3.47. The first-order chi connectivity index (χ1) is 12.6. The maximum absolute atomic E-state index is 13.0. The molecule has 0 N–H and O–H groups in total. The van der Waals surface area contributed by atoms with Gasteiger partial charge in [0.1, 0.15) is 0 Å². The van der Waals surface area contributed by atoms with E-state index in [1.165, 1.54) is 5.56 Å². The van der Waals surface area contributed by atoms with Crippen molar-refractivity contribution in [2.24, 2.45) is 0 Å². The minimum atomic E-state index is 0.0460. The monoisotopic (exact) mass is 344 g/mol. The molecule has 0 bridgehead atoms. The normalized spacial score (nSPS) is 13.2. The molecule has 0 unspecified atom stereocenters. The van der Waals surface area contributed by atoms with Crippen molar-refractivity contribution in [3.05, 3.63) is 77.1 Å². The maximum atomic E-state index is 13.0. The molecule has 1 amide bonds. The zero-order valence-corrected chi connectivity index (χ0v) is 14.9. The van der Waals surface area contributed by atoms with Crippen LogP contribution in [0.25, 0.3) is 11.1 Å². The van der Waals surface area contributed by atoms with Gasteiger partial charge in [0.15, 0.2) is 0 Å². The molecule has 0 aromatic carbocycles. The van der Waals surface area contributed by atoms with Crippen molar-refractivity contribution in [3.8, 4) is 11.1 Å². The quantitative estimate of drug-likeness (QED) is 0.728. The summed E-state index contributed by atoms with van der Waals surface area (Å²) in [5.74, 6) is 0.0460. The van der Waals surface area contributed by atoms with E-state index in [0.29, 0.717) is 18.7 Å². The van der Waals surface area contributed by atoms with Crippen LogP contribution in [0.15, 0.2) is 49.1 Å². The molecule has 1 aliphatic rings. The maximum Gasteiger partial charge on any atom is 0.256 e. The van der Waals surface area contributed by atoms with Crippen molar-refractivity contribution < 1.29 is 4.79 Å². The van der Waals surface area contributed by atoms with Gasteiger partial charge in [-0.1, -0.05) is 6.07 Å². The zero-order chi connectivity index (χ0) is 18.1. The number of pyridine rings is 3.